The van der Waals surface area contributed by atoms with Crippen LogP contribution in [0.25, 0.3) is 10.9 Å². The average molecular weight is 259 g/mol. The number of rotatable bonds is 7. The minimum Gasteiger partial charge on any atom is -0.382 e. The van der Waals surface area contributed by atoms with Gasteiger partial charge in [0.15, 0.2) is 0 Å². The summed E-state index contributed by atoms with van der Waals surface area (Å²) in [5.74, 6) is 0. The highest BCUT2D eigenvalue weighted by atomic mass is 16.5. The number of aromatic nitrogens is 1. The van der Waals surface area contributed by atoms with Crippen LogP contribution in [-0.4, -0.2) is 50.3 Å². The van der Waals surface area contributed by atoms with Gasteiger partial charge in [-0.3, -0.25) is 4.98 Å². The second-order valence-electron chi connectivity index (χ2n) is 4.72. The van der Waals surface area contributed by atoms with E-state index >= 15 is 0 Å². The summed E-state index contributed by atoms with van der Waals surface area (Å²) < 4.78 is 5.56. The van der Waals surface area contributed by atoms with Crippen LogP contribution < -0.4 is 5.32 Å². The van der Waals surface area contributed by atoms with Crippen LogP contribution >= 0.6 is 0 Å². The number of para-hydroxylation sites is 1. The molecule has 1 aromatic heterocycles. The summed E-state index contributed by atoms with van der Waals surface area (Å²) in [6.07, 6.45) is 1.83. The van der Waals surface area contributed by atoms with Crippen molar-refractivity contribution in [3.63, 3.8) is 0 Å². The van der Waals surface area contributed by atoms with Gasteiger partial charge in [0.1, 0.15) is 0 Å². The van der Waals surface area contributed by atoms with Gasteiger partial charge in [0.2, 0.25) is 0 Å². The molecular formula is C15H21N3O. The third-order valence-corrected chi connectivity index (χ3v) is 2.89. The van der Waals surface area contributed by atoms with Crippen molar-refractivity contribution in [3.8, 4) is 0 Å². The minimum atomic E-state index is 0.713. The number of likely N-dealkylation sites (N-methyl/N-ethyl adjacent to an activating group) is 1. The van der Waals surface area contributed by atoms with Gasteiger partial charge in [-0.15, -0.1) is 0 Å². The van der Waals surface area contributed by atoms with Crippen LogP contribution in [0.5, 0.6) is 0 Å². The fourth-order valence-electron chi connectivity index (χ4n) is 1.86. The molecule has 4 nitrogen and oxygen atoms in total. The van der Waals surface area contributed by atoms with Gasteiger partial charge >= 0.3 is 0 Å². The largest absolute Gasteiger partial charge is 0.382 e. The molecule has 1 aromatic carbocycles. The highest BCUT2D eigenvalue weighted by molar-refractivity contribution is 5.90. The summed E-state index contributed by atoms with van der Waals surface area (Å²) >= 11 is 0. The predicted molar refractivity (Wildman–Crippen MR) is 79.6 cm³/mol. The van der Waals surface area contributed by atoms with E-state index in [0.29, 0.717) is 6.61 Å². The van der Waals surface area contributed by atoms with Crippen LogP contribution in [0.15, 0.2) is 36.5 Å². The van der Waals surface area contributed by atoms with Crippen molar-refractivity contribution in [2.45, 2.75) is 0 Å². The van der Waals surface area contributed by atoms with Crippen LogP contribution in [0.4, 0.5) is 5.69 Å². The average Bonchev–Trinajstić information content (AvgIpc) is 2.42. The fourth-order valence-corrected chi connectivity index (χ4v) is 1.86. The normalized spacial score (nSPS) is 11.1. The Morgan fingerprint density at radius 2 is 2.00 bits per heavy atom. The van der Waals surface area contributed by atoms with Gasteiger partial charge in [0.25, 0.3) is 0 Å². The van der Waals surface area contributed by atoms with Gasteiger partial charge in [-0.2, -0.15) is 0 Å². The maximum atomic E-state index is 5.56. The van der Waals surface area contributed by atoms with E-state index < -0.39 is 0 Å². The summed E-state index contributed by atoms with van der Waals surface area (Å²) in [7, 11) is 4.09. The Bertz CT molecular complexity index is 508. The van der Waals surface area contributed by atoms with E-state index in [9.17, 15) is 0 Å². The Morgan fingerprint density at radius 1 is 1.16 bits per heavy atom. The fraction of sp³-hybridized carbons (Fsp3) is 0.400. The highest BCUT2D eigenvalue weighted by Gasteiger charge is 2.00. The number of anilines is 1. The van der Waals surface area contributed by atoms with Crippen molar-refractivity contribution in [1.82, 2.24) is 9.88 Å². The van der Waals surface area contributed by atoms with Gasteiger partial charge in [0.05, 0.1) is 18.7 Å². The van der Waals surface area contributed by atoms with Crippen molar-refractivity contribution in [2.75, 3.05) is 45.7 Å². The van der Waals surface area contributed by atoms with Gasteiger partial charge in [-0.25, -0.2) is 0 Å². The number of hydrogen-bond donors (Lipinski definition) is 1. The van der Waals surface area contributed by atoms with Crippen molar-refractivity contribution in [1.29, 1.82) is 0 Å². The Hall–Kier alpha value is -1.65. The van der Waals surface area contributed by atoms with Crippen LogP contribution in [-0.2, 0) is 4.74 Å². The van der Waals surface area contributed by atoms with Crippen LogP contribution in [0.2, 0.25) is 0 Å². The number of fused-ring (bicyclic) bond motifs is 1. The summed E-state index contributed by atoms with van der Waals surface area (Å²) in [5.41, 5.74) is 2.13. The topological polar surface area (TPSA) is 37.4 Å². The van der Waals surface area contributed by atoms with Crippen LogP contribution in [0, 0.1) is 0 Å². The number of pyridine rings is 1. The Balaban J connectivity index is 1.82. The lowest BCUT2D eigenvalue weighted by Crippen LogP contribution is -2.20. The molecule has 0 radical (unpaired) electrons. The van der Waals surface area contributed by atoms with Crippen molar-refractivity contribution < 1.29 is 4.74 Å². The number of hydrogen-bond acceptors (Lipinski definition) is 4. The highest BCUT2D eigenvalue weighted by Crippen LogP contribution is 2.20. The predicted octanol–water partition coefficient (Wildman–Crippen LogP) is 2.22. The zero-order valence-corrected chi connectivity index (χ0v) is 11.6. The smallest absolute Gasteiger partial charge is 0.0722 e. The quantitative estimate of drug-likeness (QED) is 0.774. The van der Waals surface area contributed by atoms with E-state index in [1.54, 1.807) is 0 Å². The molecule has 0 aliphatic carbocycles. The second kappa shape index (κ2) is 7.07. The van der Waals surface area contributed by atoms with E-state index in [-0.39, 0.29) is 0 Å². The molecule has 0 amide bonds. The SMILES string of the molecule is CN(C)CCOCCNc1ccnc2ccccc12. The molecule has 19 heavy (non-hydrogen) atoms. The van der Waals surface area contributed by atoms with Gasteiger partial charge < -0.3 is 15.0 Å². The first-order valence-electron chi connectivity index (χ1n) is 6.57. The summed E-state index contributed by atoms with van der Waals surface area (Å²) in [5, 5.41) is 4.55. The molecule has 1 heterocycles. The van der Waals surface area contributed by atoms with Crippen molar-refractivity contribution in [2.24, 2.45) is 0 Å². The molecule has 1 N–H and O–H groups in total. The van der Waals surface area contributed by atoms with Gasteiger partial charge in [-0.05, 0) is 26.2 Å². The lowest BCUT2D eigenvalue weighted by Gasteiger charge is -2.11. The molecule has 0 spiro atoms. The molecule has 2 rings (SSSR count). The maximum absolute atomic E-state index is 5.56. The standard InChI is InChI=1S/C15H21N3O/c1-18(2)10-12-19-11-9-17-15-7-8-16-14-6-4-3-5-13(14)15/h3-8H,9-12H2,1-2H3,(H,16,17). The number of nitrogens with one attached hydrogen (secondary N) is 1. The molecule has 102 valence electrons. The third-order valence-electron chi connectivity index (χ3n) is 2.89. The Morgan fingerprint density at radius 3 is 2.84 bits per heavy atom. The van der Waals surface area contributed by atoms with Gasteiger partial charge in [0, 0.05) is 30.4 Å². The molecular weight excluding hydrogens is 238 g/mol. The zero-order chi connectivity index (χ0) is 13.5. The van der Waals surface area contributed by atoms with Crippen LogP contribution in [0.1, 0.15) is 0 Å². The summed E-state index contributed by atoms with van der Waals surface area (Å²) in [6.45, 7) is 3.25. The molecule has 0 bridgehead atoms. The maximum Gasteiger partial charge on any atom is 0.0722 e. The first-order valence-corrected chi connectivity index (χ1v) is 6.57. The van der Waals surface area contributed by atoms with Crippen LogP contribution in [0.3, 0.4) is 0 Å². The van der Waals surface area contributed by atoms with Crippen molar-refractivity contribution >= 4 is 16.6 Å². The first kappa shape index (κ1) is 13.8. The zero-order valence-electron chi connectivity index (χ0n) is 11.6. The van der Waals surface area contributed by atoms with Crippen molar-refractivity contribution in [3.05, 3.63) is 36.5 Å². The van der Waals surface area contributed by atoms with E-state index in [2.05, 4.69) is 21.3 Å². The molecule has 2 aromatic rings. The van der Waals surface area contributed by atoms with E-state index in [0.717, 1.165) is 36.3 Å². The Labute approximate surface area is 114 Å². The van der Waals surface area contributed by atoms with E-state index in [4.69, 9.17) is 4.74 Å². The number of ether oxygens (including phenoxy) is 1. The molecule has 0 saturated heterocycles. The number of nitrogens with zero attached hydrogens (tertiary/aromatic N) is 2. The number of benzene rings is 1. The van der Waals surface area contributed by atoms with E-state index in [1.807, 2.05) is 44.6 Å². The first-order chi connectivity index (χ1) is 9.27. The monoisotopic (exact) mass is 259 g/mol. The summed E-state index contributed by atoms with van der Waals surface area (Å²) in [4.78, 5) is 6.46. The molecule has 0 aliphatic heterocycles. The Kier molecular flexibility index (Phi) is 5.12. The molecule has 0 fully saturated rings. The molecule has 4 heteroatoms. The minimum absolute atomic E-state index is 0.713. The lowest BCUT2D eigenvalue weighted by atomic mass is 10.2. The molecule has 0 saturated carbocycles. The third kappa shape index (κ3) is 4.19. The molecule has 0 unspecified atom stereocenters. The lowest BCUT2D eigenvalue weighted by molar-refractivity contribution is 0.126. The summed E-state index contributed by atoms with van der Waals surface area (Å²) in [6, 6.07) is 10.1. The van der Waals surface area contributed by atoms with Gasteiger partial charge in [-0.1, -0.05) is 18.2 Å². The molecule has 0 atom stereocenters. The molecule has 0 aliphatic rings. The van der Waals surface area contributed by atoms with E-state index in [1.165, 1.54) is 0 Å². The second-order valence-corrected chi connectivity index (χ2v) is 4.72.